The third kappa shape index (κ3) is 4.22. The van der Waals surface area contributed by atoms with Gasteiger partial charge in [-0.05, 0) is 32.1 Å². The predicted octanol–water partition coefficient (Wildman–Crippen LogP) is 1.84. The van der Waals surface area contributed by atoms with Gasteiger partial charge in [0.05, 0.1) is 0 Å². The van der Waals surface area contributed by atoms with E-state index >= 15 is 0 Å². The molecule has 2 rings (SSSR count). The first kappa shape index (κ1) is 16.8. The van der Waals surface area contributed by atoms with Gasteiger partial charge < -0.3 is 10.0 Å². The van der Waals surface area contributed by atoms with Crippen LogP contribution in [0.15, 0.2) is 6.20 Å². The second kappa shape index (κ2) is 7.13. The minimum Gasteiger partial charge on any atom is -0.396 e. The van der Waals surface area contributed by atoms with Crippen molar-refractivity contribution in [3.05, 3.63) is 17.5 Å². The molecule has 1 aliphatic rings. The highest BCUT2D eigenvalue weighted by Crippen LogP contribution is 2.31. The summed E-state index contributed by atoms with van der Waals surface area (Å²) in [6.07, 6.45) is -0.0293. The molecule has 5 nitrogen and oxygen atoms in total. The monoisotopic (exact) mass is 319 g/mol. The Labute approximate surface area is 126 Å². The number of piperidine rings is 1. The lowest BCUT2D eigenvalue weighted by Gasteiger charge is -2.26. The summed E-state index contributed by atoms with van der Waals surface area (Å²) in [5.41, 5.74) is -0.944. The molecule has 0 aliphatic carbocycles. The van der Waals surface area contributed by atoms with Crippen molar-refractivity contribution in [2.75, 3.05) is 19.7 Å². The van der Waals surface area contributed by atoms with Gasteiger partial charge in [-0.15, -0.1) is 0 Å². The third-order valence-electron chi connectivity index (χ3n) is 3.72. The van der Waals surface area contributed by atoms with E-state index in [0.717, 1.165) is 23.9 Å². The third-order valence-corrected chi connectivity index (χ3v) is 3.72. The molecular formula is C14H20F3N3O2. The molecule has 124 valence electrons. The lowest BCUT2D eigenvalue weighted by molar-refractivity contribution is -0.142. The number of rotatable bonds is 5. The summed E-state index contributed by atoms with van der Waals surface area (Å²) in [6, 6.07) is 0. The first-order valence-corrected chi connectivity index (χ1v) is 7.44. The minimum absolute atomic E-state index is 0.0213. The molecule has 1 fully saturated rings. The highest BCUT2D eigenvalue weighted by molar-refractivity contribution is 5.76. The second-order valence-electron chi connectivity index (χ2n) is 5.47. The van der Waals surface area contributed by atoms with E-state index in [4.69, 9.17) is 5.11 Å². The maximum atomic E-state index is 12.9. The van der Waals surface area contributed by atoms with Crippen LogP contribution in [0.3, 0.4) is 0 Å². The molecule has 0 saturated carbocycles. The lowest BCUT2D eigenvalue weighted by atomic mass is 10.1. The van der Waals surface area contributed by atoms with Crippen molar-refractivity contribution < 1.29 is 23.1 Å². The Morgan fingerprint density at radius 3 is 2.55 bits per heavy atom. The molecule has 22 heavy (non-hydrogen) atoms. The molecule has 1 amide bonds. The zero-order valence-electron chi connectivity index (χ0n) is 12.3. The summed E-state index contributed by atoms with van der Waals surface area (Å²) in [4.78, 5) is 13.8. The van der Waals surface area contributed by atoms with E-state index in [1.54, 1.807) is 4.90 Å². The number of aromatic nitrogens is 2. The van der Waals surface area contributed by atoms with Gasteiger partial charge in [-0.2, -0.15) is 18.3 Å². The molecule has 0 aromatic carbocycles. The molecule has 1 aromatic rings. The molecule has 8 heteroatoms. The van der Waals surface area contributed by atoms with E-state index < -0.39 is 11.9 Å². The number of nitrogens with zero attached hydrogens (tertiary/aromatic N) is 3. The van der Waals surface area contributed by atoms with Crippen LogP contribution in [0, 0.1) is 0 Å². The topological polar surface area (TPSA) is 58.4 Å². The van der Waals surface area contributed by atoms with E-state index in [1.165, 1.54) is 6.20 Å². The SMILES string of the molecule is O=C(Cn1cc(CCCO)c(C(F)(F)F)n1)N1CCCCC1. The number of hydrogen-bond donors (Lipinski definition) is 1. The summed E-state index contributed by atoms with van der Waals surface area (Å²) >= 11 is 0. The van der Waals surface area contributed by atoms with E-state index in [0.29, 0.717) is 13.1 Å². The molecule has 0 radical (unpaired) electrons. The number of halogens is 3. The fourth-order valence-corrected chi connectivity index (χ4v) is 2.62. The Balaban J connectivity index is 2.10. The van der Waals surface area contributed by atoms with Gasteiger partial charge in [0.25, 0.3) is 0 Å². The molecule has 0 unspecified atom stereocenters. The van der Waals surface area contributed by atoms with Crippen molar-refractivity contribution in [1.82, 2.24) is 14.7 Å². The normalized spacial score (nSPS) is 16.1. The van der Waals surface area contributed by atoms with Gasteiger partial charge in [0.15, 0.2) is 5.69 Å². The van der Waals surface area contributed by atoms with Crippen LogP contribution >= 0.6 is 0 Å². The number of carbonyl (C=O) groups excluding carboxylic acids is 1. The van der Waals surface area contributed by atoms with E-state index in [-0.39, 0.29) is 37.5 Å². The molecule has 1 aliphatic heterocycles. The molecule has 2 heterocycles. The first-order chi connectivity index (χ1) is 10.4. The number of aliphatic hydroxyl groups excluding tert-OH is 1. The lowest BCUT2D eigenvalue weighted by Crippen LogP contribution is -2.37. The summed E-state index contributed by atoms with van der Waals surface area (Å²) in [5.74, 6) is -0.204. The van der Waals surface area contributed by atoms with Crippen molar-refractivity contribution in [1.29, 1.82) is 0 Å². The number of likely N-dealkylation sites (tertiary alicyclic amines) is 1. The van der Waals surface area contributed by atoms with Gasteiger partial charge in [0, 0.05) is 31.5 Å². The number of amides is 1. The molecular weight excluding hydrogens is 299 g/mol. The Kier molecular flexibility index (Phi) is 5.44. The van der Waals surface area contributed by atoms with Gasteiger partial charge >= 0.3 is 6.18 Å². The van der Waals surface area contributed by atoms with Crippen molar-refractivity contribution in [2.45, 2.75) is 44.8 Å². The van der Waals surface area contributed by atoms with Crippen molar-refractivity contribution >= 4 is 5.91 Å². The highest BCUT2D eigenvalue weighted by atomic mass is 19.4. The number of aliphatic hydroxyl groups is 1. The summed E-state index contributed by atoms with van der Waals surface area (Å²) in [6.45, 7) is 0.949. The average molecular weight is 319 g/mol. The van der Waals surface area contributed by atoms with Crippen LogP contribution in [0.5, 0.6) is 0 Å². The quantitative estimate of drug-likeness (QED) is 0.901. The van der Waals surface area contributed by atoms with Gasteiger partial charge in [-0.1, -0.05) is 0 Å². The molecule has 1 saturated heterocycles. The van der Waals surface area contributed by atoms with Crippen LogP contribution < -0.4 is 0 Å². The van der Waals surface area contributed by atoms with E-state index in [2.05, 4.69) is 5.10 Å². The van der Waals surface area contributed by atoms with Crippen molar-refractivity contribution in [3.8, 4) is 0 Å². The maximum absolute atomic E-state index is 12.9. The number of aryl methyl sites for hydroxylation is 1. The molecule has 0 atom stereocenters. The smallest absolute Gasteiger partial charge is 0.396 e. The fraction of sp³-hybridized carbons (Fsp3) is 0.714. The highest BCUT2D eigenvalue weighted by Gasteiger charge is 2.37. The van der Waals surface area contributed by atoms with Crippen molar-refractivity contribution in [2.24, 2.45) is 0 Å². The number of alkyl halides is 3. The van der Waals surface area contributed by atoms with Gasteiger partial charge in [0.1, 0.15) is 6.54 Å². The molecule has 1 N–H and O–H groups in total. The second-order valence-corrected chi connectivity index (χ2v) is 5.47. The maximum Gasteiger partial charge on any atom is 0.435 e. The molecule has 0 bridgehead atoms. The van der Waals surface area contributed by atoms with Crippen LogP contribution in [0.1, 0.15) is 36.9 Å². The van der Waals surface area contributed by atoms with Gasteiger partial charge in [-0.25, -0.2) is 0 Å². The zero-order chi connectivity index (χ0) is 16.2. The summed E-state index contributed by atoms with van der Waals surface area (Å²) in [7, 11) is 0. The Hall–Kier alpha value is -1.57. The van der Waals surface area contributed by atoms with E-state index in [9.17, 15) is 18.0 Å². The van der Waals surface area contributed by atoms with Crippen LogP contribution in [0.2, 0.25) is 0 Å². The molecule has 1 aromatic heterocycles. The standard InChI is InChI=1S/C14H20F3N3O2/c15-14(16,17)13-11(5-4-8-21)9-20(18-13)10-12(22)19-6-2-1-3-7-19/h9,21H,1-8,10H2. The van der Waals surface area contributed by atoms with Crippen LogP contribution in [-0.4, -0.2) is 45.4 Å². The average Bonchev–Trinajstić information content (AvgIpc) is 2.89. The van der Waals surface area contributed by atoms with Crippen LogP contribution in [0.4, 0.5) is 13.2 Å². The van der Waals surface area contributed by atoms with Gasteiger partial charge in [-0.3, -0.25) is 9.48 Å². The number of hydrogen-bond acceptors (Lipinski definition) is 3. The van der Waals surface area contributed by atoms with Crippen LogP contribution in [-0.2, 0) is 23.9 Å². The largest absolute Gasteiger partial charge is 0.435 e. The molecule has 0 spiro atoms. The predicted molar refractivity (Wildman–Crippen MR) is 73.1 cm³/mol. The summed E-state index contributed by atoms with van der Waals surface area (Å²) in [5, 5.41) is 12.3. The Bertz CT molecular complexity index is 508. The van der Waals surface area contributed by atoms with Crippen LogP contribution in [0.25, 0.3) is 0 Å². The summed E-state index contributed by atoms with van der Waals surface area (Å²) < 4.78 is 39.9. The van der Waals surface area contributed by atoms with Gasteiger partial charge in [0.2, 0.25) is 5.91 Å². The first-order valence-electron chi connectivity index (χ1n) is 7.44. The Morgan fingerprint density at radius 1 is 1.27 bits per heavy atom. The zero-order valence-corrected chi connectivity index (χ0v) is 12.3. The fourth-order valence-electron chi connectivity index (χ4n) is 2.62. The Morgan fingerprint density at radius 2 is 1.95 bits per heavy atom. The minimum atomic E-state index is -4.55. The van der Waals surface area contributed by atoms with E-state index in [1.807, 2.05) is 0 Å². The number of carbonyl (C=O) groups is 1. The van der Waals surface area contributed by atoms with Crippen molar-refractivity contribution in [3.63, 3.8) is 0 Å².